The third kappa shape index (κ3) is 4.18. The molecule has 1 heterocycles. The van der Waals surface area contributed by atoms with E-state index in [2.05, 4.69) is 55.5 Å². The summed E-state index contributed by atoms with van der Waals surface area (Å²) in [6.07, 6.45) is 5.18. The molecule has 0 saturated heterocycles. The maximum atomic E-state index is 4.26. The predicted octanol–water partition coefficient (Wildman–Crippen LogP) is 3.71. The van der Waals surface area contributed by atoms with E-state index in [1.165, 1.54) is 22.4 Å². The fraction of sp³-hybridized carbons (Fsp3) is 0.500. The van der Waals surface area contributed by atoms with Crippen LogP contribution in [0, 0.1) is 13.8 Å². The lowest BCUT2D eigenvalue weighted by atomic mass is 9.95. The average molecular weight is 285 g/mol. The molecule has 0 saturated carbocycles. The van der Waals surface area contributed by atoms with Crippen molar-refractivity contribution in [2.45, 2.75) is 46.1 Å². The minimum absolute atomic E-state index is 0.416. The van der Waals surface area contributed by atoms with E-state index in [1.54, 1.807) is 0 Å². The van der Waals surface area contributed by atoms with Gasteiger partial charge in [-0.2, -0.15) is 5.10 Å². The summed E-state index contributed by atoms with van der Waals surface area (Å²) in [6, 6.07) is 9.28. The van der Waals surface area contributed by atoms with Crippen molar-refractivity contribution in [1.29, 1.82) is 0 Å². The maximum Gasteiger partial charge on any atom is 0.0492 e. The monoisotopic (exact) mass is 285 g/mol. The van der Waals surface area contributed by atoms with E-state index in [-0.39, 0.29) is 0 Å². The Bertz CT molecular complexity index is 572. The molecule has 1 unspecified atom stereocenters. The Balaban J connectivity index is 2.13. The van der Waals surface area contributed by atoms with Gasteiger partial charge in [-0.15, -0.1) is 0 Å². The first-order chi connectivity index (χ1) is 10.1. The molecule has 0 bridgehead atoms. The highest BCUT2D eigenvalue weighted by molar-refractivity contribution is 5.33. The van der Waals surface area contributed by atoms with Crippen LogP contribution in [-0.2, 0) is 13.5 Å². The van der Waals surface area contributed by atoms with Gasteiger partial charge in [0.15, 0.2) is 0 Å². The molecular weight excluding hydrogens is 258 g/mol. The third-order valence-corrected chi connectivity index (χ3v) is 4.06. The van der Waals surface area contributed by atoms with E-state index in [9.17, 15) is 0 Å². The Labute approximate surface area is 128 Å². The summed E-state index contributed by atoms with van der Waals surface area (Å²) in [7, 11) is 2.02. The zero-order chi connectivity index (χ0) is 15.2. The van der Waals surface area contributed by atoms with E-state index >= 15 is 0 Å². The Morgan fingerprint density at radius 1 is 1.24 bits per heavy atom. The smallest absolute Gasteiger partial charge is 0.0492 e. The standard InChI is InChI=1S/C18H27N3/c1-5-11-19-18(9-8-16-10-12-20-21(16)4)17-13-14(2)6-7-15(17)3/h6-7,10,12-13,18-19H,5,8-9,11H2,1-4H3. The number of rotatable bonds is 7. The van der Waals surface area contributed by atoms with Gasteiger partial charge in [0.05, 0.1) is 0 Å². The van der Waals surface area contributed by atoms with Crippen LogP contribution in [0.3, 0.4) is 0 Å². The van der Waals surface area contributed by atoms with Crippen LogP contribution >= 0.6 is 0 Å². The Hall–Kier alpha value is -1.61. The van der Waals surface area contributed by atoms with Gasteiger partial charge in [0.25, 0.3) is 0 Å². The molecule has 1 aromatic heterocycles. The number of aromatic nitrogens is 2. The minimum atomic E-state index is 0.416. The highest BCUT2D eigenvalue weighted by atomic mass is 15.2. The summed E-state index contributed by atoms with van der Waals surface area (Å²) in [4.78, 5) is 0. The van der Waals surface area contributed by atoms with Crippen LogP contribution in [0.2, 0.25) is 0 Å². The lowest BCUT2D eigenvalue weighted by Crippen LogP contribution is -2.24. The molecule has 2 rings (SSSR count). The van der Waals surface area contributed by atoms with Crippen LogP contribution < -0.4 is 5.32 Å². The number of aryl methyl sites for hydroxylation is 4. The van der Waals surface area contributed by atoms with E-state index in [0.717, 1.165) is 25.8 Å². The molecule has 0 spiro atoms. The molecule has 1 atom stereocenters. The van der Waals surface area contributed by atoms with Crippen LogP contribution in [-0.4, -0.2) is 16.3 Å². The second-order valence-corrected chi connectivity index (χ2v) is 5.85. The van der Waals surface area contributed by atoms with Crippen molar-refractivity contribution >= 4 is 0 Å². The number of benzene rings is 1. The molecule has 0 aliphatic rings. The molecule has 3 nitrogen and oxygen atoms in total. The molecule has 0 aliphatic carbocycles. The van der Waals surface area contributed by atoms with E-state index < -0.39 is 0 Å². The maximum absolute atomic E-state index is 4.26. The summed E-state index contributed by atoms with van der Waals surface area (Å²) in [6.45, 7) is 7.65. The predicted molar refractivity (Wildman–Crippen MR) is 88.5 cm³/mol. The summed E-state index contributed by atoms with van der Waals surface area (Å²) in [5.41, 5.74) is 5.44. The van der Waals surface area contributed by atoms with Crippen LogP contribution in [0.1, 0.15) is 48.2 Å². The normalized spacial score (nSPS) is 12.6. The van der Waals surface area contributed by atoms with Crippen molar-refractivity contribution in [3.8, 4) is 0 Å². The SMILES string of the molecule is CCCNC(CCc1ccnn1C)c1cc(C)ccc1C. The van der Waals surface area contributed by atoms with Crippen molar-refractivity contribution in [2.75, 3.05) is 6.54 Å². The van der Waals surface area contributed by atoms with Crippen LogP contribution in [0.4, 0.5) is 0 Å². The number of nitrogens with one attached hydrogen (secondary N) is 1. The second kappa shape index (κ2) is 7.41. The fourth-order valence-corrected chi connectivity index (χ4v) is 2.76. The van der Waals surface area contributed by atoms with Gasteiger partial charge >= 0.3 is 0 Å². The average Bonchev–Trinajstić information content (AvgIpc) is 2.87. The second-order valence-electron chi connectivity index (χ2n) is 5.85. The summed E-state index contributed by atoms with van der Waals surface area (Å²) in [5, 5.41) is 7.96. The molecule has 0 radical (unpaired) electrons. The summed E-state index contributed by atoms with van der Waals surface area (Å²) < 4.78 is 1.97. The topological polar surface area (TPSA) is 29.9 Å². The number of nitrogens with zero attached hydrogens (tertiary/aromatic N) is 2. The first kappa shape index (κ1) is 15.8. The van der Waals surface area contributed by atoms with Gasteiger partial charge in [0, 0.05) is 25.0 Å². The van der Waals surface area contributed by atoms with Gasteiger partial charge in [-0.05, 0) is 56.8 Å². The molecule has 0 aliphatic heterocycles. The first-order valence-electron chi connectivity index (χ1n) is 7.89. The molecule has 2 aromatic rings. The van der Waals surface area contributed by atoms with Gasteiger partial charge in [-0.3, -0.25) is 4.68 Å². The zero-order valence-electron chi connectivity index (χ0n) is 13.7. The zero-order valence-corrected chi connectivity index (χ0v) is 13.7. The first-order valence-corrected chi connectivity index (χ1v) is 7.89. The van der Waals surface area contributed by atoms with Crippen LogP contribution in [0.5, 0.6) is 0 Å². The molecular formula is C18H27N3. The fourth-order valence-electron chi connectivity index (χ4n) is 2.76. The van der Waals surface area contributed by atoms with Crippen molar-refractivity contribution in [3.63, 3.8) is 0 Å². The molecule has 21 heavy (non-hydrogen) atoms. The Morgan fingerprint density at radius 3 is 2.71 bits per heavy atom. The highest BCUT2D eigenvalue weighted by Crippen LogP contribution is 2.23. The van der Waals surface area contributed by atoms with Crippen molar-refractivity contribution < 1.29 is 0 Å². The minimum Gasteiger partial charge on any atom is -0.310 e. The molecule has 0 amide bonds. The van der Waals surface area contributed by atoms with Gasteiger partial charge in [0.1, 0.15) is 0 Å². The summed E-state index contributed by atoms with van der Waals surface area (Å²) >= 11 is 0. The summed E-state index contributed by atoms with van der Waals surface area (Å²) in [5.74, 6) is 0. The largest absolute Gasteiger partial charge is 0.310 e. The van der Waals surface area contributed by atoms with Gasteiger partial charge in [0.2, 0.25) is 0 Å². The van der Waals surface area contributed by atoms with Crippen molar-refractivity contribution in [1.82, 2.24) is 15.1 Å². The quantitative estimate of drug-likeness (QED) is 0.840. The van der Waals surface area contributed by atoms with Crippen molar-refractivity contribution in [3.05, 3.63) is 52.8 Å². The molecule has 1 N–H and O–H groups in total. The van der Waals surface area contributed by atoms with Gasteiger partial charge < -0.3 is 5.32 Å². The van der Waals surface area contributed by atoms with Crippen LogP contribution in [0.15, 0.2) is 30.5 Å². The molecule has 3 heteroatoms. The van der Waals surface area contributed by atoms with E-state index in [4.69, 9.17) is 0 Å². The molecule has 0 fully saturated rings. The van der Waals surface area contributed by atoms with E-state index in [0.29, 0.717) is 6.04 Å². The Morgan fingerprint density at radius 2 is 2.05 bits per heavy atom. The van der Waals surface area contributed by atoms with Crippen LogP contribution in [0.25, 0.3) is 0 Å². The Kier molecular flexibility index (Phi) is 5.57. The van der Waals surface area contributed by atoms with Gasteiger partial charge in [-0.25, -0.2) is 0 Å². The third-order valence-electron chi connectivity index (χ3n) is 4.06. The highest BCUT2D eigenvalue weighted by Gasteiger charge is 2.14. The van der Waals surface area contributed by atoms with Crippen molar-refractivity contribution in [2.24, 2.45) is 7.05 Å². The van der Waals surface area contributed by atoms with E-state index in [1.807, 2.05) is 17.9 Å². The molecule has 114 valence electrons. The lowest BCUT2D eigenvalue weighted by molar-refractivity contribution is 0.489. The molecule has 1 aromatic carbocycles. The number of hydrogen-bond donors (Lipinski definition) is 1. The lowest BCUT2D eigenvalue weighted by Gasteiger charge is -2.21. The number of hydrogen-bond acceptors (Lipinski definition) is 2. The van der Waals surface area contributed by atoms with Gasteiger partial charge in [-0.1, -0.05) is 30.7 Å².